The lowest BCUT2D eigenvalue weighted by Gasteiger charge is -2.10. The van der Waals surface area contributed by atoms with Gasteiger partial charge in [0.05, 0.1) is 22.4 Å². The molecule has 0 spiro atoms. The van der Waals surface area contributed by atoms with Gasteiger partial charge in [-0.15, -0.1) is 0 Å². The Morgan fingerprint density at radius 3 is 2.47 bits per heavy atom. The Bertz CT molecular complexity index is 539. The lowest BCUT2D eigenvalue weighted by molar-refractivity contribution is 0.0992. The van der Waals surface area contributed by atoms with Crippen molar-refractivity contribution in [1.29, 1.82) is 0 Å². The molecule has 1 atom stereocenters. The van der Waals surface area contributed by atoms with Crippen molar-refractivity contribution in [1.82, 2.24) is 0 Å². The summed E-state index contributed by atoms with van der Waals surface area (Å²) in [6, 6.07) is 3.92. The number of alkyl halides is 1. The highest BCUT2D eigenvalue weighted by molar-refractivity contribution is 9.10. The van der Waals surface area contributed by atoms with Crippen LogP contribution in [-0.2, 0) is 10.0 Å². The first-order valence-electron chi connectivity index (χ1n) is 4.66. The number of ketones is 1. The van der Waals surface area contributed by atoms with E-state index in [1.54, 1.807) is 6.92 Å². The fraction of sp³-hybridized carbons (Fsp3) is 0.300. The van der Waals surface area contributed by atoms with Gasteiger partial charge in [-0.3, -0.25) is 4.79 Å². The number of primary sulfonamides is 1. The second-order valence-corrected chi connectivity index (χ2v) is 6.32. The number of rotatable bonds is 4. The van der Waals surface area contributed by atoms with Gasteiger partial charge in [0.1, 0.15) is 5.75 Å². The zero-order valence-electron chi connectivity index (χ0n) is 9.31. The molecule has 0 aliphatic carbocycles. The predicted molar refractivity (Wildman–Crippen MR) is 67.1 cm³/mol. The minimum absolute atomic E-state index is 0.116. The van der Waals surface area contributed by atoms with E-state index in [2.05, 4.69) is 15.9 Å². The molecule has 0 bridgehead atoms. The summed E-state index contributed by atoms with van der Waals surface area (Å²) in [5.41, 5.74) is 0.184. The molecule has 0 fully saturated rings. The quantitative estimate of drug-likeness (QED) is 0.669. The number of hydrogen-bond acceptors (Lipinski definition) is 4. The second kappa shape index (κ2) is 5.16. The van der Waals surface area contributed by atoms with E-state index in [0.29, 0.717) is 5.75 Å². The van der Waals surface area contributed by atoms with Crippen molar-refractivity contribution in [3.63, 3.8) is 0 Å². The molecular weight excluding hydrogens is 310 g/mol. The SMILES string of the molecule is COc1ccc(S(N)(=O)=O)cc1C(=O)C(C)Br. The maximum atomic E-state index is 11.8. The third-order valence-corrected chi connectivity index (χ3v) is 3.45. The summed E-state index contributed by atoms with van der Waals surface area (Å²) in [5.74, 6) is 0.0426. The fourth-order valence-electron chi connectivity index (χ4n) is 1.27. The number of sulfonamides is 1. The van der Waals surface area contributed by atoms with Gasteiger partial charge in [-0.1, -0.05) is 15.9 Å². The monoisotopic (exact) mass is 321 g/mol. The lowest BCUT2D eigenvalue weighted by Crippen LogP contribution is -2.16. The van der Waals surface area contributed by atoms with E-state index in [1.165, 1.54) is 25.3 Å². The minimum Gasteiger partial charge on any atom is -0.496 e. The minimum atomic E-state index is -3.83. The van der Waals surface area contributed by atoms with Crippen LogP contribution in [0.15, 0.2) is 23.1 Å². The number of nitrogens with two attached hydrogens (primary N) is 1. The van der Waals surface area contributed by atoms with Crippen LogP contribution in [0.4, 0.5) is 0 Å². The molecule has 17 heavy (non-hydrogen) atoms. The van der Waals surface area contributed by atoms with Gasteiger partial charge < -0.3 is 4.74 Å². The van der Waals surface area contributed by atoms with Crippen LogP contribution in [0.25, 0.3) is 0 Å². The third kappa shape index (κ3) is 3.27. The van der Waals surface area contributed by atoms with Gasteiger partial charge in [-0.2, -0.15) is 0 Å². The fourth-order valence-corrected chi connectivity index (χ4v) is 2.06. The van der Waals surface area contributed by atoms with E-state index in [4.69, 9.17) is 9.88 Å². The summed E-state index contributed by atoms with van der Waals surface area (Å²) in [6.45, 7) is 1.64. The topological polar surface area (TPSA) is 86.5 Å². The zero-order chi connectivity index (χ0) is 13.2. The van der Waals surface area contributed by atoms with Gasteiger partial charge in [-0.25, -0.2) is 13.6 Å². The summed E-state index contributed by atoms with van der Waals surface area (Å²) >= 11 is 3.13. The molecule has 1 aromatic rings. The molecule has 0 aliphatic heterocycles. The van der Waals surface area contributed by atoms with Crippen molar-refractivity contribution in [3.05, 3.63) is 23.8 Å². The number of benzene rings is 1. The van der Waals surface area contributed by atoms with Crippen LogP contribution in [0, 0.1) is 0 Å². The van der Waals surface area contributed by atoms with E-state index in [-0.39, 0.29) is 16.2 Å². The molecular formula is C10H12BrNO4S. The van der Waals surface area contributed by atoms with Crippen molar-refractivity contribution < 1.29 is 17.9 Å². The molecule has 7 heteroatoms. The highest BCUT2D eigenvalue weighted by Gasteiger charge is 2.19. The maximum Gasteiger partial charge on any atom is 0.238 e. The van der Waals surface area contributed by atoms with E-state index >= 15 is 0 Å². The number of carbonyl (C=O) groups is 1. The molecule has 2 N–H and O–H groups in total. The standard InChI is InChI=1S/C10H12BrNO4S/c1-6(11)10(13)8-5-7(17(12,14)15)3-4-9(8)16-2/h3-6H,1-2H3,(H2,12,14,15). The Morgan fingerprint density at radius 2 is 2.06 bits per heavy atom. The summed E-state index contributed by atoms with van der Waals surface area (Å²) in [7, 11) is -2.43. The summed E-state index contributed by atoms with van der Waals surface area (Å²) in [6.07, 6.45) is 0. The predicted octanol–water partition coefficient (Wildman–Crippen LogP) is 1.31. The Labute approximate surface area is 108 Å². The Morgan fingerprint density at radius 1 is 1.47 bits per heavy atom. The van der Waals surface area contributed by atoms with Crippen molar-refractivity contribution in [3.8, 4) is 5.75 Å². The Balaban J connectivity index is 3.40. The van der Waals surface area contributed by atoms with Crippen LogP contribution in [0.5, 0.6) is 5.75 Å². The van der Waals surface area contributed by atoms with Gasteiger partial charge in [0.2, 0.25) is 10.0 Å². The van der Waals surface area contributed by atoms with Gasteiger partial charge in [0.25, 0.3) is 0 Å². The molecule has 94 valence electrons. The molecule has 1 rings (SSSR count). The van der Waals surface area contributed by atoms with Gasteiger partial charge in [0.15, 0.2) is 5.78 Å². The first-order valence-corrected chi connectivity index (χ1v) is 7.12. The molecule has 1 unspecified atom stereocenters. The van der Waals surface area contributed by atoms with Crippen molar-refractivity contribution >= 4 is 31.7 Å². The lowest BCUT2D eigenvalue weighted by atomic mass is 10.1. The summed E-state index contributed by atoms with van der Waals surface area (Å²) in [4.78, 5) is 11.3. The number of hydrogen-bond donors (Lipinski definition) is 1. The Kier molecular flexibility index (Phi) is 4.29. The number of carbonyl (C=O) groups excluding carboxylic acids is 1. The molecule has 0 heterocycles. The largest absolute Gasteiger partial charge is 0.496 e. The first-order chi connectivity index (χ1) is 7.77. The summed E-state index contributed by atoms with van der Waals surface area (Å²) in [5, 5.41) is 5.00. The molecule has 1 aromatic carbocycles. The van der Waals surface area contributed by atoms with E-state index in [1.807, 2.05) is 0 Å². The van der Waals surface area contributed by atoms with Crippen LogP contribution in [0.2, 0.25) is 0 Å². The molecule has 0 saturated heterocycles. The average Bonchev–Trinajstić information content (AvgIpc) is 2.25. The van der Waals surface area contributed by atoms with Crippen LogP contribution < -0.4 is 9.88 Å². The number of Topliss-reactive ketones (excluding diaryl/α,β-unsaturated/α-hetero) is 1. The first kappa shape index (κ1) is 14.1. The molecule has 0 aromatic heterocycles. The zero-order valence-corrected chi connectivity index (χ0v) is 11.7. The molecule has 0 radical (unpaired) electrons. The van der Waals surface area contributed by atoms with Crippen LogP contribution >= 0.6 is 15.9 Å². The van der Waals surface area contributed by atoms with Gasteiger partial charge >= 0.3 is 0 Å². The van der Waals surface area contributed by atoms with Gasteiger partial charge in [0, 0.05) is 0 Å². The summed E-state index contributed by atoms with van der Waals surface area (Å²) < 4.78 is 27.4. The molecule has 0 aliphatic rings. The van der Waals surface area contributed by atoms with Crippen LogP contribution in [0.3, 0.4) is 0 Å². The molecule has 5 nitrogen and oxygen atoms in total. The van der Waals surface area contributed by atoms with Crippen molar-refractivity contribution in [2.45, 2.75) is 16.6 Å². The van der Waals surface area contributed by atoms with E-state index in [9.17, 15) is 13.2 Å². The smallest absolute Gasteiger partial charge is 0.238 e. The van der Waals surface area contributed by atoms with Crippen molar-refractivity contribution in [2.75, 3.05) is 7.11 Å². The maximum absolute atomic E-state index is 11.8. The Hall–Kier alpha value is -0.920. The van der Waals surface area contributed by atoms with Gasteiger partial charge in [-0.05, 0) is 25.1 Å². The highest BCUT2D eigenvalue weighted by Crippen LogP contribution is 2.24. The average molecular weight is 322 g/mol. The molecule has 0 amide bonds. The molecule has 0 saturated carbocycles. The third-order valence-electron chi connectivity index (χ3n) is 2.13. The number of ether oxygens (including phenoxy) is 1. The van der Waals surface area contributed by atoms with Crippen LogP contribution in [0.1, 0.15) is 17.3 Å². The number of methoxy groups -OCH3 is 1. The normalized spacial score (nSPS) is 13.2. The van der Waals surface area contributed by atoms with E-state index < -0.39 is 14.9 Å². The van der Waals surface area contributed by atoms with Crippen LogP contribution in [-0.4, -0.2) is 26.1 Å². The second-order valence-electron chi connectivity index (χ2n) is 3.39. The van der Waals surface area contributed by atoms with Crippen molar-refractivity contribution in [2.24, 2.45) is 5.14 Å². The number of halogens is 1. The highest BCUT2D eigenvalue weighted by atomic mass is 79.9. The van der Waals surface area contributed by atoms with E-state index in [0.717, 1.165) is 0 Å².